The molecular weight excluding hydrogens is 671 g/mol. The van der Waals surface area contributed by atoms with Crippen molar-refractivity contribution in [3.8, 4) is 0 Å². The average molecular weight is 704 g/mol. The summed E-state index contributed by atoms with van der Waals surface area (Å²) >= 11 is 0.861. The van der Waals surface area contributed by atoms with E-state index in [2.05, 4.69) is 20.6 Å². The summed E-state index contributed by atoms with van der Waals surface area (Å²) in [6.45, 7) is 3.72. The second-order valence-corrected chi connectivity index (χ2v) is 14.7. The molecule has 1 amide bonds. The van der Waals surface area contributed by atoms with E-state index in [0.29, 0.717) is 30.3 Å². The number of hydrogen-bond donors (Lipinski definition) is 2. The molecule has 0 unspecified atom stereocenters. The van der Waals surface area contributed by atoms with Gasteiger partial charge in [0.2, 0.25) is 5.91 Å². The summed E-state index contributed by atoms with van der Waals surface area (Å²) in [7, 11) is -4.01. The van der Waals surface area contributed by atoms with Gasteiger partial charge in [-0.3, -0.25) is 14.6 Å². The van der Waals surface area contributed by atoms with Crippen molar-refractivity contribution in [3.63, 3.8) is 0 Å². The molecule has 1 saturated heterocycles. The van der Waals surface area contributed by atoms with E-state index < -0.39 is 45.3 Å². The van der Waals surface area contributed by atoms with Gasteiger partial charge >= 0.3 is 0 Å². The summed E-state index contributed by atoms with van der Waals surface area (Å²) in [6, 6.07) is 7.66. The number of halogens is 4. The number of pyridine rings is 1. The molecule has 5 rings (SSSR count). The summed E-state index contributed by atoms with van der Waals surface area (Å²) in [5, 5.41) is 5.87. The number of thiazole rings is 1. The molecule has 0 radical (unpaired) electrons. The SMILES string of the molecule is CC(=O)Nc1nc(C)c(S(=O)(=O)N2CCNC[C@@H]2CCc2c(F)cncc2CC(=O)C[C@@H](c2ccc(F)cc2)c2cc(F)cc(F)c2)s1. The van der Waals surface area contributed by atoms with Crippen molar-refractivity contribution in [2.45, 2.75) is 55.7 Å². The maximum absolute atomic E-state index is 15.2. The molecule has 2 atom stereocenters. The largest absolute Gasteiger partial charge is 0.314 e. The van der Waals surface area contributed by atoms with Crippen LogP contribution in [-0.4, -0.2) is 60.1 Å². The van der Waals surface area contributed by atoms with Crippen molar-refractivity contribution in [2.24, 2.45) is 0 Å². The van der Waals surface area contributed by atoms with Crippen LogP contribution < -0.4 is 10.6 Å². The van der Waals surface area contributed by atoms with E-state index in [1.165, 1.54) is 41.7 Å². The zero-order valence-corrected chi connectivity index (χ0v) is 27.7. The second-order valence-electron chi connectivity index (χ2n) is 11.6. The molecule has 0 saturated carbocycles. The third kappa shape index (κ3) is 8.32. The van der Waals surface area contributed by atoms with Crippen molar-refractivity contribution in [2.75, 3.05) is 25.0 Å². The van der Waals surface area contributed by atoms with Crippen LogP contribution in [0.1, 0.15) is 53.6 Å². The molecule has 1 aliphatic rings. The van der Waals surface area contributed by atoms with Gasteiger partial charge in [-0.05, 0) is 66.3 Å². The van der Waals surface area contributed by atoms with Crippen molar-refractivity contribution in [1.29, 1.82) is 0 Å². The number of benzene rings is 2. The molecule has 4 aromatic rings. The smallest absolute Gasteiger partial charge is 0.254 e. The minimum atomic E-state index is -4.01. The first-order chi connectivity index (χ1) is 22.8. The molecule has 0 spiro atoms. The van der Waals surface area contributed by atoms with Gasteiger partial charge in [-0.2, -0.15) is 4.31 Å². The average Bonchev–Trinajstić information content (AvgIpc) is 3.39. The van der Waals surface area contributed by atoms with Crippen LogP contribution in [0.5, 0.6) is 0 Å². The molecule has 2 aromatic heterocycles. The zero-order chi connectivity index (χ0) is 34.6. The maximum atomic E-state index is 15.2. The Balaban J connectivity index is 1.35. The van der Waals surface area contributed by atoms with Crippen LogP contribution in [0, 0.1) is 30.2 Å². The van der Waals surface area contributed by atoms with Gasteiger partial charge in [0.15, 0.2) is 9.34 Å². The lowest BCUT2D eigenvalue weighted by Crippen LogP contribution is -2.53. The van der Waals surface area contributed by atoms with E-state index in [1.54, 1.807) is 6.92 Å². The van der Waals surface area contributed by atoms with Crippen LogP contribution >= 0.6 is 11.3 Å². The van der Waals surface area contributed by atoms with Gasteiger partial charge in [0, 0.05) is 63.6 Å². The first-order valence-electron chi connectivity index (χ1n) is 15.1. The Bertz CT molecular complexity index is 1900. The minimum Gasteiger partial charge on any atom is -0.314 e. The topological polar surface area (TPSA) is 121 Å². The van der Waals surface area contributed by atoms with Crippen LogP contribution in [0.4, 0.5) is 22.7 Å². The van der Waals surface area contributed by atoms with Gasteiger partial charge in [-0.1, -0.05) is 23.5 Å². The van der Waals surface area contributed by atoms with Crippen LogP contribution in [0.3, 0.4) is 0 Å². The van der Waals surface area contributed by atoms with E-state index >= 15 is 4.39 Å². The number of amides is 1. The summed E-state index contributed by atoms with van der Waals surface area (Å²) < 4.78 is 86.1. The van der Waals surface area contributed by atoms with Crippen molar-refractivity contribution < 1.29 is 35.6 Å². The molecule has 15 heteroatoms. The molecule has 48 heavy (non-hydrogen) atoms. The number of rotatable bonds is 12. The molecule has 254 valence electrons. The van der Waals surface area contributed by atoms with Gasteiger partial charge in [-0.15, -0.1) is 0 Å². The number of sulfonamides is 1. The highest BCUT2D eigenvalue weighted by Crippen LogP contribution is 2.33. The zero-order valence-electron chi connectivity index (χ0n) is 26.1. The van der Waals surface area contributed by atoms with Crippen LogP contribution in [-0.2, 0) is 32.5 Å². The Morgan fingerprint density at radius 3 is 2.44 bits per heavy atom. The van der Waals surface area contributed by atoms with E-state index in [9.17, 15) is 31.2 Å². The van der Waals surface area contributed by atoms with Crippen molar-refractivity contribution in [1.82, 2.24) is 19.6 Å². The van der Waals surface area contributed by atoms with Gasteiger partial charge in [0.25, 0.3) is 10.0 Å². The summed E-state index contributed by atoms with van der Waals surface area (Å²) in [4.78, 5) is 33.1. The lowest BCUT2D eigenvalue weighted by Gasteiger charge is -2.35. The number of anilines is 1. The lowest BCUT2D eigenvalue weighted by molar-refractivity contribution is -0.118. The molecule has 1 aliphatic heterocycles. The fraction of sp³-hybridized carbons (Fsp3) is 0.333. The highest BCUT2D eigenvalue weighted by Gasteiger charge is 2.36. The quantitative estimate of drug-likeness (QED) is 0.193. The van der Waals surface area contributed by atoms with Crippen molar-refractivity contribution >= 4 is 38.2 Å². The first kappa shape index (κ1) is 35.3. The maximum Gasteiger partial charge on any atom is 0.254 e. The summed E-state index contributed by atoms with van der Waals surface area (Å²) in [6.07, 6.45) is 2.25. The van der Waals surface area contributed by atoms with Gasteiger partial charge in [0.05, 0.1) is 11.9 Å². The Kier molecular flexibility index (Phi) is 11.0. The van der Waals surface area contributed by atoms with Gasteiger partial charge in [-0.25, -0.2) is 31.0 Å². The number of nitrogens with zero attached hydrogens (tertiary/aromatic N) is 3. The number of ketones is 1. The normalized spacial score (nSPS) is 16.1. The fourth-order valence-corrected chi connectivity index (χ4v) is 9.12. The van der Waals surface area contributed by atoms with Crippen molar-refractivity contribution in [3.05, 3.63) is 106 Å². The Morgan fingerprint density at radius 2 is 1.75 bits per heavy atom. The predicted molar refractivity (Wildman–Crippen MR) is 172 cm³/mol. The number of nitrogens with one attached hydrogen (secondary N) is 2. The number of aryl methyl sites for hydroxylation is 1. The lowest BCUT2D eigenvalue weighted by atomic mass is 9.85. The minimum absolute atomic E-state index is 0.00779. The van der Waals surface area contributed by atoms with E-state index in [0.717, 1.165) is 29.7 Å². The Labute approximate surface area is 279 Å². The van der Waals surface area contributed by atoms with Crippen LogP contribution in [0.2, 0.25) is 0 Å². The molecule has 3 heterocycles. The van der Waals surface area contributed by atoms with E-state index in [-0.39, 0.29) is 70.1 Å². The number of aromatic nitrogens is 2. The Hall–Kier alpha value is -4.05. The molecule has 2 aromatic carbocycles. The third-order valence-corrected chi connectivity index (χ3v) is 11.7. The predicted octanol–water partition coefficient (Wildman–Crippen LogP) is 5.29. The van der Waals surface area contributed by atoms with Crippen LogP contribution in [0.15, 0.2) is 59.1 Å². The van der Waals surface area contributed by atoms with Gasteiger partial charge < -0.3 is 10.6 Å². The highest BCUT2D eigenvalue weighted by molar-refractivity contribution is 7.91. The first-order valence-corrected chi connectivity index (χ1v) is 17.4. The number of hydrogen-bond acceptors (Lipinski definition) is 8. The molecule has 0 aliphatic carbocycles. The molecule has 1 fully saturated rings. The third-order valence-electron chi connectivity index (χ3n) is 8.08. The molecular formula is C33H33F4N5O4S2. The number of carbonyl (C=O) groups is 2. The highest BCUT2D eigenvalue weighted by atomic mass is 32.2. The Morgan fingerprint density at radius 1 is 1.04 bits per heavy atom. The second kappa shape index (κ2) is 15.0. The monoisotopic (exact) mass is 703 g/mol. The molecule has 2 N–H and O–H groups in total. The standard InChI is InChI=1S/C33H33F4N5O4S2/c1-19-32(47-33(40-19)41-20(2)43)48(45,46)42-10-9-38-17-27(42)7-8-29-23(16-39-18-31(29)37)13-28(44)15-30(21-3-5-24(34)6-4-21)22-11-25(35)14-26(36)12-22/h3-6,11-12,14,16,18,27,30,38H,7-10,13,15,17H2,1-2H3,(H,40,41,43)/t27-,30-/m0/s1. The summed E-state index contributed by atoms with van der Waals surface area (Å²) in [5.41, 5.74) is 1.43. The summed E-state index contributed by atoms with van der Waals surface area (Å²) in [5.74, 6) is -4.37. The van der Waals surface area contributed by atoms with E-state index in [4.69, 9.17) is 0 Å². The number of piperazine rings is 1. The van der Waals surface area contributed by atoms with E-state index in [1.807, 2.05) is 0 Å². The molecule has 0 bridgehead atoms. The van der Waals surface area contributed by atoms with Gasteiger partial charge in [0.1, 0.15) is 29.1 Å². The number of carbonyl (C=O) groups excluding carboxylic acids is 2. The fourth-order valence-electron chi connectivity index (χ4n) is 5.89. The molecule has 9 nitrogen and oxygen atoms in total. The number of Topliss-reactive ketones (excluding diaryl/α,β-unsaturated/α-hetero) is 1. The van der Waals surface area contributed by atoms with Crippen LogP contribution in [0.25, 0.3) is 0 Å².